The predicted molar refractivity (Wildman–Crippen MR) is 79.9 cm³/mol. The van der Waals surface area contributed by atoms with Gasteiger partial charge in [-0.05, 0) is 36.9 Å². The summed E-state index contributed by atoms with van der Waals surface area (Å²) in [5.74, 6) is 0.343. The lowest BCUT2D eigenvalue weighted by molar-refractivity contribution is 0.339. The van der Waals surface area contributed by atoms with Crippen molar-refractivity contribution in [1.82, 2.24) is 9.62 Å². The van der Waals surface area contributed by atoms with Crippen LogP contribution < -0.4 is 5.32 Å². The number of fused-ring (bicyclic) bond motifs is 1. The molecule has 0 aliphatic carbocycles. The van der Waals surface area contributed by atoms with Crippen LogP contribution in [-0.2, 0) is 15.8 Å². The topological polar surface area (TPSA) is 73.2 Å². The minimum absolute atomic E-state index is 0.0871. The first kappa shape index (κ1) is 14.5. The van der Waals surface area contributed by atoms with Gasteiger partial charge in [0.25, 0.3) is 0 Å². The van der Waals surface area contributed by atoms with Crippen LogP contribution in [0.25, 0.3) is 0 Å². The third-order valence-corrected chi connectivity index (χ3v) is 6.20. The fourth-order valence-electron chi connectivity index (χ4n) is 3.28. The molecule has 112 valence electrons. The molecule has 6 heteroatoms. The summed E-state index contributed by atoms with van der Waals surface area (Å²) in [5.41, 5.74) is 1.03. The Hall–Kier alpha value is -1.42. The molecule has 0 saturated carbocycles. The first-order valence-electron chi connectivity index (χ1n) is 7.29. The van der Waals surface area contributed by atoms with Crippen LogP contribution in [-0.4, -0.2) is 38.4 Å². The van der Waals surface area contributed by atoms with Gasteiger partial charge in [0, 0.05) is 19.1 Å². The zero-order valence-corrected chi connectivity index (χ0v) is 12.6. The van der Waals surface area contributed by atoms with Crippen molar-refractivity contribution >= 4 is 10.0 Å². The van der Waals surface area contributed by atoms with E-state index in [0.717, 1.165) is 19.4 Å². The van der Waals surface area contributed by atoms with Gasteiger partial charge in [-0.25, -0.2) is 8.42 Å². The van der Waals surface area contributed by atoms with E-state index in [9.17, 15) is 8.42 Å². The van der Waals surface area contributed by atoms with Gasteiger partial charge in [0.05, 0.1) is 17.4 Å². The van der Waals surface area contributed by atoms with Crippen LogP contribution in [0.3, 0.4) is 0 Å². The Morgan fingerprint density at radius 3 is 2.90 bits per heavy atom. The van der Waals surface area contributed by atoms with Crippen LogP contribution in [0.1, 0.15) is 24.0 Å². The van der Waals surface area contributed by atoms with E-state index in [2.05, 4.69) is 11.4 Å². The standard InChI is InChI=1S/C15H19N3O2S/c16-8-12-4-1-2-5-14(12)11-21(19,20)18-9-13-6-3-7-17-15(13)10-18/h1-2,4-5,13,15,17H,3,6-7,9-11H2. The minimum Gasteiger partial charge on any atom is -0.312 e. The zero-order valence-electron chi connectivity index (χ0n) is 11.8. The second kappa shape index (κ2) is 5.76. The summed E-state index contributed by atoms with van der Waals surface area (Å²) in [6.45, 7) is 2.14. The number of piperidine rings is 1. The molecule has 0 spiro atoms. The second-order valence-electron chi connectivity index (χ2n) is 5.81. The summed E-state index contributed by atoms with van der Waals surface area (Å²) >= 11 is 0. The molecule has 5 nitrogen and oxygen atoms in total. The molecule has 2 atom stereocenters. The molecule has 2 saturated heterocycles. The average Bonchev–Trinajstić information content (AvgIpc) is 2.92. The van der Waals surface area contributed by atoms with Crippen LogP contribution in [0.4, 0.5) is 0 Å². The molecule has 3 rings (SSSR count). The maximum absolute atomic E-state index is 12.6. The number of benzene rings is 1. The van der Waals surface area contributed by atoms with Crippen molar-refractivity contribution in [3.63, 3.8) is 0 Å². The highest BCUT2D eigenvalue weighted by atomic mass is 32.2. The maximum atomic E-state index is 12.6. The number of hydrogen-bond donors (Lipinski definition) is 1. The van der Waals surface area contributed by atoms with Crippen molar-refractivity contribution in [2.24, 2.45) is 5.92 Å². The molecule has 1 aromatic carbocycles. The molecule has 2 heterocycles. The van der Waals surface area contributed by atoms with Crippen molar-refractivity contribution in [1.29, 1.82) is 5.26 Å². The van der Waals surface area contributed by atoms with Gasteiger partial charge in [0.2, 0.25) is 10.0 Å². The average molecular weight is 305 g/mol. The molecule has 0 aromatic heterocycles. The molecule has 2 unspecified atom stereocenters. The van der Waals surface area contributed by atoms with Gasteiger partial charge in [-0.1, -0.05) is 18.2 Å². The molecular formula is C15H19N3O2S. The second-order valence-corrected chi connectivity index (χ2v) is 7.77. The largest absolute Gasteiger partial charge is 0.312 e. The number of sulfonamides is 1. The van der Waals surface area contributed by atoms with Gasteiger partial charge in [-0.2, -0.15) is 9.57 Å². The first-order chi connectivity index (χ1) is 10.1. The summed E-state index contributed by atoms with van der Waals surface area (Å²) in [4.78, 5) is 0. The molecule has 0 bridgehead atoms. The van der Waals surface area contributed by atoms with E-state index in [1.807, 2.05) is 0 Å². The highest BCUT2D eigenvalue weighted by molar-refractivity contribution is 7.88. The van der Waals surface area contributed by atoms with Crippen LogP contribution in [0, 0.1) is 17.2 Å². The first-order valence-corrected chi connectivity index (χ1v) is 8.90. The molecule has 2 aliphatic heterocycles. The van der Waals surface area contributed by atoms with Gasteiger partial charge < -0.3 is 5.32 Å². The Morgan fingerprint density at radius 2 is 2.14 bits per heavy atom. The molecule has 0 amide bonds. The van der Waals surface area contributed by atoms with Crippen LogP contribution in [0.2, 0.25) is 0 Å². The van der Waals surface area contributed by atoms with Gasteiger partial charge in [0.15, 0.2) is 0 Å². The summed E-state index contributed by atoms with van der Waals surface area (Å²) < 4.78 is 26.8. The number of nitrogens with one attached hydrogen (secondary N) is 1. The monoisotopic (exact) mass is 305 g/mol. The molecule has 1 N–H and O–H groups in total. The summed E-state index contributed by atoms with van der Waals surface area (Å²) in [5, 5.41) is 12.5. The fourth-order valence-corrected chi connectivity index (χ4v) is 4.91. The quantitative estimate of drug-likeness (QED) is 0.906. The van der Waals surface area contributed by atoms with E-state index in [-0.39, 0.29) is 5.75 Å². The van der Waals surface area contributed by atoms with E-state index in [1.165, 1.54) is 0 Å². The molecular weight excluding hydrogens is 286 g/mol. The number of hydrogen-bond acceptors (Lipinski definition) is 4. The summed E-state index contributed by atoms with van der Waals surface area (Å²) in [6, 6.07) is 9.27. The Morgan fingerprint density at radius 1 is 1.33 bits per heavy atom. The Labute approximate surface area is 125 Å². The minimum atomic E-state index is -3.36. The van der Waals surface area contributed by atoms with Crippen molar-refractivity contribution < 1.29 is 8.42 Å². The van der Waals surface area contributed by atoms with Crippen molar-refractivity contribution in [2.45, 2.75) is 24.6 Å². The zero-order chi connectivity index (χ0) is 14.9. The predicted octanol–water partition coefficient (Wildman–Crippen LogP) is 1.07. The van der Waals surface area contributed by atoms with Crippen LogP contribution >= 0.6 is 0 Å². The third-order valence-electron chi connectivity index (χ3n) is 4.43. The Kier molecular flexibility index (Phi) is 3.98. The molecule has 1 aromatic rings. The van der Waals surface area contributed by atoms with Crippen molar-refractivity contribution in [2.75, 3.05) is 19.6 Å². The van der Waals surface area contributed by atoms with Crippen molar-refractivity contribution in [3.05, 3.63) is 35.4 Å². The summed E-state index contributed by atoms with van der Waals surface area (Å²) in [6.07, 6.45) is 2.21. The highest BCUT2D eigenvalue weighted by Gasteiger charge is 2.39. The molecule has 2 fully saturated rings. The molecule has 21 heavy (non-hydrogen) atoms. The van der Waals surface area contributed by atoms with Gasteiger partial charge >= 0.3 is 0 Å². The fraction of sp³-hybridized carbons (Fsp3) is 0.533. The Bertz CT molecular complexity index is 652. The van der Waals surface area contributed by atoms with E-state index in [0.29, 0.717) is 36.2 Å². The summed E-state index contributed by atoms with van der Waals surface area (Å²) in [7, 11) is -3.36. The number of rotatable bonds is 3. The SMILES string of the molecule is N#Cc1ccccc1CS(=O)(=O)N1CC2CCCNC2C1. The van der Waals surface area contributed by atoms with Crippen LogP contribution in [0.5, 0.6) is 0 Å². The lowest BCUT2D eigenvalue weighted by Crippen LogP contribution is -2.41. The van der Waals surface area contributed by atoms with Gasteiger partial charge in [-0.15, -0.1) is 0 Å². The van der Waals surface area contributed by atoms with Crippen LogP contribution in [0.15, 0.2) is 24.3 Å². The maximum Gasteiger partial charge on any atom is 0.218 e. The highest BCUT2D eigenvalue weighted by Crippen LogP contribution is 2.28. The van der Waals surface area contributed by atoms with E-state index < -0.39 is 10.0 Å². The third kappa shape index (κ3) is 2.95. The van der Waals surface area contributed by atoms with Gasteiger partial charge in [-0.3, -0.25) is 0 Å². The number of nitriles is 1. The van der Waals surface area contributed by atoms with E-state index in [4.69, 9.17) is 5.26 Å². The lowest BCUT2D eigenvalue weighted by atomic mass is 9.94. The molecule has 0 radical (unpaired) electrons. The lowest BCUT2D eigenvalue weighted by Gasteiger charge is -2.24. The Balaban J connectivity index is 1.77. The normalized spacial score (nSPS) is 26.2. The van der Waals surface area contributed by atoms with Gasteiger partial charge in [0.1, 0.15) is 0 Å². The van der Waals surface area contributed by atoms with E-state index in [1.54, 1.807) is 28.6 Å². The smallest absolute Gasteiger partial charge is 0.218 e. The van der Waals surface area contributed by atoms with E-state index >= 15 is 0 Å². The van der Waals surface area contributed by atoms with Crippen molar-refractivity contribution in [3.8, 4) is 6.07 Å². The number of nitrogens with zero attached hydrogens (tertiary/aromatic N) is 2. The molecule has 2 aliphatic rings.